The molecule has 0 aliphatic carbocycles. The van der Waals surface area contributed by atoms with E-state index in [1.165, 1.54) is 0 Å². The number of carbonyl (C=O) groups excluding carboxylic acids is 4. The summed E-state index contributed by atoms with van der Waals surface area (Å²) in [6, 6.07) is 4.45. The second kappa shape index (κ2) is 6.46. The molecule has 2 N–H and O–H groups in total. The molecule has 3 fully saturated rings. The second-order valence-corrected chi connectivity index (χ2v) is 9.70. The van der Waals surface area contributed by atoms with Crippen LogP contribution in [0.3, 0.4) is 0 Å². The van der Waals surface area contributed by atoms with Crippen LogP contribution in [0.4, 0.5) is 0 Å². The van der Waals surface area contributed by atoms with E-state index >= 15 is 0 Å². The van der Waals surface area contributed by atoms with Gasteiger partial charge in [0.05, 0.1) is 11.1 Å². The van der Waals surface area contributed by atoms with Crippen LogP contribution in [0.2, 0.25) is 0 Å². The van der Waals surface area contributed by atoms with E-state index in [0.29, 0.717) is 11.1 Å². The van der Waals surface area contributed by atoms with Gasteiger partial charge < -0.3 is 5.32 Å². The predicted octanol–water partition coefficient (Wildman–Crippen LogP) is 0.519. The van der Waals surface area contributed by atoms with Crippen molar-refractivity contribution in [2.45, 2.75) is 39.3 Å². The monoisotopic (exact) mass is 410 g/mol. The number of hydrogen-bond acceptors (Lipinski definition) is 6. The molecule has 0 aromatic heterocycles. The summed E-state index contributed by atoms with van der Waals surface area (Å²) in [5, 5.41) is 5.73. The molecule has 0 bridgehead atoms. The van der Waals surface area contributed by atoms with Crippen LogP contribution in [0.25, 0.3) is 0 Å². The van der Waals surface area contributed by atoms with Gasteiger partial charge in [-0.2, -0.15) is 0 Å². The summed E-state index contributed by atoms with van der Waals surface area (Å²) in [6.07, 6.45) is 0.290. The molecule has 0 spiro atoms. The molecule has 8 nitrogen and oxygen atoms in total. The van der Waals surface area contributed by atoms with Crippen molar-refractivity contribution < 1.29 is 19.2 Å². The van der Waals surface area contributed by atoms with E-state index in [-0.39, 0.29) is 29.6 Å². The molecule has 4 amide bonds. The van der Waals surface area contributed by atoms with Crippen LogP contribution in [-0.2, 0) is 16.1 Å². The molecule has 158 valence electrons. The maximum Gasteiger partial charge on any atom is 0.262 e. The van der Waals surface area contributed by atoms with E-state index in [2.05, 4.69) is 29.4 Å². The molecule has 4 aliphatic heterocycles. The van der Waals surface area contributed by atoms with Crippen molar-refractivity contribution in [2.75, 3.05) is 26.2 Å². The summed E-state index contributed by atoms with van der Waals surface area (Å²) in [7, 11) is 0. The van der Waals surface area contributed by atoms with Gasteiger partial charge in [0.2, 0.25) is 11.8 Å². The summed E-state index contributed by atoms with van der Waals surface area (Å²) < 4.78 is 0. The van der Waals surface area contributed by atoms with Gasteiger partial charge in [0.1, 0.15) is 6.04 Å². The van der Waals surface area contributed by atoms with Crippen LogP contribution in [0.1, 0.15) is 53.0 Å². The van der Waals surface area contributed by atoms with Crippen LogP contribution >= 0.6 is 0 Å². The van der Waals surface area contributed by atoms with Gasteiger partial charge in [-0.05, 0) is 24.1 Å². The van der Waals surface area contributed by atoms with Crippen LogP contribution in [0.5, 0.6) is 0 Å². The quantitative estimate of drug-likeness (QED) is 0.705. The molecule has 3 saturated heterocycles. The van der Waals surface area contributed by atoms with Gasteiger partial charge >= 0.3 is 0 Å². The third kappa shape index (κ3) is 2.74. The average molecular weight is 410 g/mol. The Morgan fingerprint density at radius 1 is 1.00 bits per heavy atom. The minimum absolute atomic E-state index is 0.121. The Morgan fingerprint density at radius 2 is 1.67 bits per heavy atom. The molecule has 4 aliphatic rings. The molecule has 5 rings (SSSR count). The average Bonchev–Trinajstić information content (AvgIpc) is 3.18. The maximum atomic E-state index is 13.0. The summed E-state index contributed by atoms with van der Waals surface area (Å²) in [6.45, 7) is 9.38. The molecule has 8 heteroatoms. The number of hydrogen-bond donors (Lipinski definition) is 2. The fraction of sp³-hybridized carbons (Fsp3) is 0.545. The largest absolute Gasteiger partial charge is 0.316 e. The Hall–Kier alpha value is -2.58. The number of amides is 4. The first kappa shape index (κ1) is 19.4. The van der Waals surface area contributed by atoms with Crippen LogP contribution < -0.4 is 10.6 Å². The molecule has 30 heavy (non-hydrogen) atoms. The lowest BCUT2D eigenvalue weighted by Crippen LogP contribution is -2.54. The predicted molar refractivity (Wildman–Crippen MR) is 107 cm³/mol. The van der Waals surface area contributed by atoms with E-state index in [4.69, 9.17) is 0 Å². The van der Waals surface area contributed by atoms with Crippen LogP contribution in [0, 0.1) is 10.8 Å². The number of nitrogens with zero attached hydrogens (tertiary/aromatic N) is 2. The van der Waals surface area contributed by atoms with Crippen molar-refractivity contribution in [3.05, 3.63) is 34.9 Å². The first-order chi connectivity index (χ1) is 14.2. The zero-order valence-corrected chi connectivity index (χ0v) is 17.3. The molecule has 0 radical (unpaired) electrons. The molecular formula is C22H26N4O4. The Labute approximate surface area is 175 Å². The van der Waals surface area contributed by atoms with E-state index in [9.17, 15) is 19.2 Å². The highest BCUT2D eigenvalue weighted by molar-refractivity contribution is 6.23. The Morgan fingerprint density at radius 3 is 2.33 bits per heavy atom. The molecule has 1 aromatic rings. The van der Waals surface area contributed by atoms with Gasteiger partial charge in [-0.15, -0.1) is 0 Å². The number of rotatable bonds is 3. The zero-order chi connectivity index (χ0) is 21.3. The van der Waals surface area contributed by atoms with Crippen molar-refractivity contribution >= 4 is 23.6 Å². The van der Waals surface area contributed by atoms with Gasteiger partial charge in [-0.3, -0.25) is 34.3 Å². The Bertz CT molecular complexity index is 973. The van der Waals surface area contributed by atoms with Crippen molar-refractivity contribution in [2.24, 2.45) is 10.8 Å². The summed E-state index contributed by atoms with van der Waals surface area (Å²) in [5.74, 6) is -1.87. The number of imide groups is 2. The number of likely N-dealkylation sites (tertiary alicyclic amines) is 1. The molecule has 4 heterocycles. The summed E-state index contributed by atoms with van der Waals surface area (Å²) >= 11 is 0. The summed E-state index contributed by atoms with van der Waals surface area (Å²) in [4.78, 5) is 52.9. The minimum Gasteiger partial charge on any atom is -0.316 e. The maximum absolute atomic E-state index is 13.0. The van der Waals surface area contributed by atoms with Gasteiger partial charge in [-0.1, -0.05) is 19.9 Å². The highest BCUT2D eigenvalue weighted by Gasteiger charge is 2.54. The third-order valence-corrected chi connectivity index (χ3v) is 7.54. The summed E-state index contributed by atoms with van der Waals surface area (Å²) in [5.41, 5.74) is 2.13. The first-order valence-corrected chi connectivity index (χ1v) is 10.5. The van der Waals surface area contributed by atoms with Gasteiger partial charge in [-0.25, -0.2) is 0 Å². The normalized spacial score (nSPS) is 33.8. The lowest BCUT2D eigenvalue weighted by molar-refractivity contribution is -0.136. The SMILES string of the molecule is C[C@@]12CNC[C@]1(C)CN(Cc1ccc3c(c1)C(=O)N(C1CCC(=O)NC1=O)C3=O)C2. The second-order valence-electron chi connectivity index (χ2n) is 9.70. The number of carbonyl (C=O) groups is 4. The smallest absolute Gasteiger partial charge is 0.262 e. The van der Waals surface area contributed by atoms with E-state index in [0.717, 1.165) is 43.2 Å². The van der Waals surface area contributed by atoms with E-state index in [1.54, 1.807) is 12.1 Å². The van der Waals surface area contributed by atoms with Gasteiger partial charge in [0, 0.05) is 50.0 Å². The molecule has 1 aromatic carbocycles. The lowest BCUT2D eigenvalue weighted by Gasteiger charge is -2.31. The van der Waals surface area contributed by atoms with Crippen molar-refractivity contribution in [1.82, 2.24) is 20.4 Å². The molecule has 1 unspecified atom stereocenters. The van der Waals surface area contributed by atoms with Gasteiger partial charge in [0.15, 0.2) is 0 Å². The van der Waals surface area contributed by atoms with Crippen molar-refractivity contribution in [3.8, 4) is 0 Å². The Kier molecular flexibility index (Phi) is 4.17. The first-order valence-electron chi connectivity index (χ1n) is 10.5. The van der Waals surface area contributed by atoms with Crippen molar-refractivity contribution in [1.29, 1.82) is 0 Å². The molecular weight excluding hydrogens is 384 g/mol. The fourth-order valence-electron chi connectivity index (χ4n) is 5.56. The van der Waals surface area contributed by atoms with Crippen LogP contribution in [0.15, 0.2) is 18.2 Å². The standard InChI is InChI=1S/C22H26N4O4/c1-21-9-23-10-22(21,2)12-25(11-21)8-13-3-4-14-15(7-13)20(30)26(19(14)29)16-5-6-17(27)24-18(16)28/h3-4,7,16,23H,5-6,8-12H2,1-2H3,(H,24,27,28)/t16?,21-,22+. The fourth-order valence-corrected chi connectivity index (χ4v) is 5.56. The van der Waals surface area contributed by atoms with Crippen molar-refractivity contribution in [3.63, 3.8) is 0 Å². The zero-order valence-electron chi connectivity index (χ0n) is 17.3. The number of nitrogens with one attached hydrogen (secondary N) is 2. The minimum atomic E-state index is -0.927. The topological polar surface area (TPSA) is 98.8 Å². The number of fused-ring (bicyclic) bond motifs is 2. The van der Waals surface area contributed by atoms with E-state index in [1.807, 2.05) is 6.07 Å². The Balaban J connectivity index is 1.35. The lowest BCUT2D eigenvalue weighted by atomic mass is 9.71. The van der Waals surface area contributed by atoms with Crippen LogP contribution in [-0.4, -0.2) is 65.6 Å². The van der Waals surface area contributed by atoms with E-state index < -0.39 is 23.8 Å². The number of benzene rings is 1. The third-order valence-electron chi connectivity index (χ3n) is 7.54. The number of piperidine rings is 1. The molecule has 3 atom stereocenters. The highest BCUT2D eigenvalue weighted by atomic mass is 16.2. The van der Waals surface area contributed by atoms with Gasteiger partial charge in [0.25, 0.3) is 11.8 Å². The molecule has 0 saturated carbocycles. The highest BCUT2D eigenvalue weighted by Crippen LogP contribution is 2.48.